The van der Waals surface area contributed by atoms with Crippen LogP contribution >= 0.6 is 11.6 Å². The van der Waals surface area contributed by atoms with E-state index in [1.54, 1.807) is 13.0 Å². The van der Waals surface area contributed by atoms with Gasteiger partial charge in [-0.2, -0.15) is 5.26 Å². The number of allylic oxidation sites excluding steroid dienone is 2. The number of halogens is 1. The molecule has 0 fully saturated rings. The van der Waals surface area contributed by atoms with Gasteiger partial charge in [0.25, 0.3) is 0 Å². The Bertz CT molecular complexity index is 1090. The predicted molar refractivity (Wildman–Crippen MR) is 108 cm³/mol. The number of nitriles is 1. The summed E-state index contributed by atoms with van der Waals surface area (Å²) in [4.78, 5) is 17.3. The number of rotatable bonds is 5. The Labute approximate surface area is 173 Å². The van der Waals surface area contributed by atoms with Gasteiger partial charge in [-0.05, 0) is 31.5 Å². The van der Waals surface area contributed by atoms with E-state index < -0.39 is 11.9 Å². The number of aromatic nitrogens is 1. The highest BCUT2D eigenvalue weighted by molar-refractivity contribution is 6.30. The monoisotopic (exact) mass is 413 g/mol. The SMILES string of the molecule is COCCOC(=O)C1=C(C)OC(N)=C(C#N)[C@H]1c1cc2ccc(C)cc2nc1Cl. The van der Waals surface area contributed by atoms with Crippen molar-refractivity contribution < 1.29 is 19.0 Å². The fraction of sp³-hybridized carbons (Fsp3) is 0.286. The molecule has 0 spiro atoms. The van der Waals surface area contributed by atoms with E-state index >= 15 is 0 Å². The van der Waals surface area contributed by atoms with Crippen LogP contribution in [-0.2, 0) is 19.0 Å². The third-order valence-electron chi connectivity index (χ3n) is 4.61. The maximum atomic E-state index is 12.8. The van der Waals surface area contributed by atoms with Crippen molar-refractivity contribution in [3.05, 3.63) is 63.3 Å². The number of nitrogens with two attached hydrogens (primary N) is 1. The fourth-order valence-electron chi connectivity index (χ4n) is 3.22. The lowest BCUT2D eigenvalue weighted by Crippen LogP contribution is -2.26. The van der Waals surface area contributed by atoms with Crippen molar-refractivity contribution in [1.82, 2.24) is 4.98 Å². The Morgan fingerprint density at radius 3 is 2.79 bits per heavy atom. The summed E-state index contributed by atoms with van der Waals surface area (Å²) in [6.07, 6.45) is 0. The van der Waals surface area contributed by atoms with Crippen LogP contribution in [0.3, 0.4) is 0 Å². The van der Waals surface area contributed by atoms with Crippen LogP contribution in [0.1, 0.15) is 24.0 Å². The molecule has 150 valence electrons. The lowest BCUT2D eigenvalue weighted by atomic mass is 9.83. The summed E-state index contributed by atoms with van der Waals surface area (Å²) in [7, 11) is 1.50. The average Bonchev–Trinajstić information content (AvgIpc) is 2.67. The second-order valence-electron chi connectivity index (χ2n) is 6.59. The topological polar surface area (TPSA) is 107 Å². The highest BCUT2D eigenvalue weighted by Crippen LogP contribution is 2.42. The van der Waals surface area contributed by atoms with Crippen molar-refractivity contribution in [2.24, 2.45) is 5.73 Å². The maximum Gasteiger partial charge on any atom is 0.338 e. The summed E-state index contributed by atoms with van der Waals surface area (Å²) in [5.74, 6) is -1.32. The molecule has 1 aromatic carbocycles. The Morgan fingerprint density at radius 2 is 2.10 bits per heavy atom. The molecule has 0 aliphatic carbocycles. The third-order valence-corrected chi connectivity index (χ3v) is 4.91. The molecule has 0 unspecified atom stereocenters. The van der Waals surface area contributed by atoms with Crippen LogP contribution in [0, 0.1) is 18.3 Å². The highest BCUT2D eigenvalue weighted by Gasteiger charge is 2.38. The van der Waals surface area contributed by atoms with E-state index in [1.807, 2.05) is 31.2 Å². The van der Waals surface area contributed by atoms with Crippen LogP contribution in [0.2, 0.25) is 5.15 Å². The van der Waals surface area contributed by atoms with Crippen LogP contribution in [0.25, 0.3) is 10.9 Å². The second-order valence-corrected chi connectivity index (χ2v) is 6.95. The number of methoxy groups -OCH3 is 1. The Hall–Kier alpha value is -3.08. The van der Waals surface area contributed by atoms with Gasteiger partial charge in [0.2, 0.25) is 5.88 Å². The zero-order valence-corrected chi connectivity index (χ0v) is 17.0. The molecule has 0 saturated carbocycles. The van der Waals surface area contributed by atoms with Gasteiger partial charge in [-0.25, -0.2) is 9.78 Å². The van der Waals surface area contributed by atoms with Crippen molar-refractivity contribution in [2.75, 3.05) is 20.3 Å². The van der Waals surface area contributed by atoms with Gasteiger partial charge in [0.15, 0.2) is 0 Å². The number of hydrogen-bond acceptors (Lipinski definition) is 7. The van der Waals surface area contributed by atoms with Gasteiger partial charge in [-0.1, -0.05) is 23.7 Å². The van der Waals surface area contributed by atoms with Gasteiger partial charge in [0.1, 0.15) is 29.2 Å². The molecule has 29 heavy (non-hydrogen) atoms. The Morgan fingerprint density at radius 1 is 1.34 bits per heavy atom. The lowest BCUT2D eigenvalue weighted by Gasteiger charge is -2.27. The number of fused-ring (bicyclic) bond motifs is 1. The molecule has 8 heteroatoms. The number of pyridine rings is 1. The van der Waals surface area contributed by atoms with Crippen molar-refractivity contribution in [2.45, 2.75) is 19.8 Å². The normalized spacial score (nSPS) is 16.6. The molecule has 2 aromatic rings. The molecule has 1 aromatic heterocycles. The molecular weight excluding hydrogens is 394 g/mol. The first-order valence-electron chi connectivity index (χ1n) is 8.88. The summed E-state index contributed by atoms with van der Waals surface area (Å²) in [5, 5.41) is 10.7. The maximum absolute atomic E-state index is 12.8. The van der Waals surface area contributed by atoms with Crippen LogP contribution in [0.4, 0.5) is 0 Å². The summed E-state index contributed by atoms with van der Waals surface area (Å²) < 4.78 is 15.6. The average molecular weight is 414 g/mol. The van der Waals surface area contributed by atoms with Gasteiger partial charge in [0.05, 0.1) is 23.6 Å². The van der Waals surface area contributed by atoms with Crippen molar-refractivity contribution in [3.8, 4) is 6.07 Å². The third kappa shape index (κ3) is 4.04. The Kier molecular flexibility index (Phi) is 6.06. The summed E-state index contributed by atoms with van der Waals surface area (Å²) in [6.45, 7) is 3.85. The molecular formula is C21H20ClN3O4. The Balaban J connectivity index is 2.16. The van der Waals surface area contributed by atoms with Crippen LogP contribution in [0.5, 0.6) is 0 Å². The number of aryl methyl sites for hydroxylation is 1. The van der Waals surface area contributed by atoms with Gasteiger partial charge in [-0.15, -0.1) is 0 Å². The van der Waals surface area contributed by atoms with Crippen LogP contribution in [0.15, 0.2) is 47.1 Å². The predicted octanol–water partition coefficient (Wildman–Crippen LogP) is 3.47. The van der Waals surface area contributed by atoms with Gasteiger partial charge in [-0.3, -0.25) is 0 Å². The molecule has 1 atom stereocenters. The standard InChI is InChI=1S/C21H20ClN3O4/c1-11-4-5-13-9-14(19(22)25-16(13)8-11)18-15(10-23)20(24)29-12(2)17(18)21(26)28-7-6-27-3/h4-5,8-9,18H,6-7,24H2,1-3H3/t18-/m1/s1. The minimum absolute atomic E-state index is 0.0584. The number of hydrogen-bond donors (Lipinski definition) is 1. The molecule has 3 rings (SSSR count). The molecule has 0 saturated heterocycles. The van der Waals surface area contributed by atoms with E-state index in [4.69, 9.17) is 31.5 Å². The number of ether oxygens (including phenoxy) is 3. The number of carbonyl (C=O) groups excluding carboxylic acids is 1. The van der Waals surface area contributed by atoms with E-state index in [9.17, 15) is 10.1 Å². The van der Waals surface area contributed by atoms with Crippen LogP contribution < -0.4 is 5.73 Å². The number of carbonyl (C=O) groups is 1. The first-order chi connectivity index (χ1) is 13.9. The minimum Gasteiger partial charge on any atom is -0.460 e. The molecule has 0 amide bonds. The van der Waals surface area contributed by atoms with Crippen LogP contribution in [-0.4, -0.2) is 31.3 Å². The quantitative estimate of drug-likeness (QED) is 0.454. The summed E-state index contributed by atoms with van der Waals surface area (Å²) in [6, 6.07) is 9.60. The summed E-state index contributed by atoms with van der Waals surface area (Å²) >= 11 is 6.48. The molecule has 0 bridgehead atoms. The molecule has 1 aliphatic heterocycles. The first kappa shape index (κ1) is 20.6. The molecule has 0 radical (unpaired) electrons. The fourth-order valence-corrected chi connectivity index (χ4v) is 3.48. The van der Waals surface area contributed by atoms with Gasteiger partial charge < -0.3 is 19.9 Å². The lowest BCUT2D eigenvalue weighted by molar-refractivity contribution is -0.140. The van der Waals surface area contributed by atoms with Gasteiger partial charge in [0, 0.05) is 18.1 Å². The molecule has 2 heterocycles. The molecule has 7 nitrogen and oxygen atoms in total. The zero-order chi connectivity index (χ0) is 21.1. The van der Waals surface area contributed by atoms with E-state index in [0.29, 0.717) is 11.1 Å². The minimum atomic E-state index is -0.852. The number of esters is 1. The van der Waals surface area contributed by atoms with E-state index in [-0.39, 0.29) is 41.2 Å². The second kappa shape index (κ2) is 8.52. The first-order valence-corrected chi connectivity index (χ1v) is 9.26. The number of benzene rings is 1. The largest absolute Gasteiger partial charge is 0.460 e. The molecule has 1 aliphatic rings. The van der Waals surface area contributed by atoms with Crippen molar-refractivity contribution >= 4 is 28.5 Å². The van der Waals surface area contributed by atoms with Crippen molar-refractivity contribution in [1.29, 1.82) is 5.26 Å². The zero-order valence-electron chi connectivity index (χ0n) is 16.3. The van der Waals surface area contributed by atoms with E-state index in [0.717, 1.165) is 10.9 Å². The smallest absolute Gasteiger partial charge is 0.338 e. The number of nitrogens with zero attached hydrogens (tertiary/aromatic N) is 2. The van der Waals surface area contributed by atoms with E-state index in [1.165, 1.54) is 7.11 Å². The highest BCUT2D eigenvalue weighted by atomic mass is 35.5. The molecule has 2 N–H and O–H groups in total. The van der Waals surface area contributed by atoms with Crippen molar-refractivity contribution in [3.63, 3.8) is 0 Å². The van der Waals surface area contributed by atoms with E-state index in [2.05, 4.69) is 4.98 Å². The van der Waals surface area contributed by atoms with Gasteiger partial charge >= 0.3 is 5.97 Å². The summed E-state index contributed by atoms with van der Waals surface area (Å²) in [5.41, 5.74) is 8.40.